The number of carbonyl (C=O) groups is 6. The molecule has 0 aromatic heterocycles. The zero-order valence-electron chi connectivity index (χ0n) is 35.7. The van der Waals surface area contributed by atoms with Crippen LogP contribution in [0.15, 0.2) is 84.9 Å². The summed E-state index contributed by atoms with van der Waals surface area (Å²) in [5.41, 5.74) is 16.3. The van der Waals surface area contributed by atoms with Gasteiger partial charge in [0.2, 0.25) is 23.6 Å². The number of aromatic hydroxyl groups is 2. The molecule has 4 aromatic rings. The highest BCUT2D eigenvalue weighted by molar-refractivity contribution is 5.97. The van der Waals surface area contributed by atoms with Gasteiger partial charge in [-0.05, 0) is 110 Å². The van der Waals surface area contributed by atoms with Gasteiger partial charge >= 0.3 is 5.97 Å². The lowest BCUT2D eigenvalue weighted by atomic mass is 9.93. The Morgan fingerprint density at radius 2 is 1.48 bits per heavy atom. The van der Waals surface area contributed by atoms with Crippen LogP contribution in [0.5, 0.6) is 11.5 Å². The lowest BCUT2D eigenvalue weighted by molar-refractivity contribution is -0.144. The number of carboxylic acids is 1. The van der Waals surface area contributed by atoms with Crippen LogP contribution in [0.25, 0.3) is 22.3 Å². The largest absolute Gasteiger partial charge is 0.507 e. The van der Waals surface area contributed by atoms with E-state index in [1.807, 2.05) is 12.1 Å². The highest BCUT2D eigenvalue weighted by atomic mass is 16.4. The van der Waals surface area contributed by atoms with Gasteiger partial charge in [-0.15, -0.1) is 0 Å². The fourth-order valence-corrected chi connectivity index (χ4v) is 7.36. The molecule has 1 aliphatic rings. The number of hydrogen-bond acceptors (Lipinski definition) is 10. The number of unbranched alkanes of at least 4 members (excludes halogenated alkanes) is 2. The summed E-state index contributed by atoms with van der Waals surface area (Å²) in [5.74, 6) is -5.45. The Hall–Kier alpha value is -6.78. The number of phenolic OH excluding ortho intramolecular Hbond substituents is 2. The summed E-state index contributed by atoms with van der Waals surface area (Å²) in [4.78, 5) is 81.7. The number of rotatable bonds is 16. The summed E-state index contributed by atoms with van der Waals surface area (Å²) in [6, 6.07) is 17.1. The molecule has 16 heteroatoms. The molecular formula is C47H57N7O9. The smallest absolute Gasteiger partial charge is 0.326 e. The van der Waals surface area contributed by atoms with Crippen LogP contribution < -0.4 is 32.7 Å². The molecule has 11 N–H and O–H groups in total. The van der Waals surface area contributed by atoms with E-state index in [0.717, 1.165) is 35.3 Å². The lowest BCUT2D eigenvalue weighted by Gasteiger charge is -2.32. The van der Waals surface area contributed by atoms with Crippen molar-refractivity contribution < 1.29 is 44.1 Å². The third-order valence-electron chi connectivity index (χ3n) is 11.1. The summed E-state index contributed by atoms with van der Waals surface area (Å²) in [6.07, 6.45) is 4.10. The number of aryl methyl sites for hydroxylation is 1. The van der Waals surface area contributed by atoms with E-state index in [1.165, 1.54) is 55.9 Å². The van der Waals surface area contributed by atoms with Crippen molar-refractivity contribution in [3.63, 3.8) is 0 Å². The number of hydrogen-bond donors (Lipinski definition) is 9. The van der Waals surface area contributed by atoms with E-state index in [-0.39, 0.29) is 47.6 Å². The number of likely N-dealkylation sites (N-methyl/N-ethyl adjacent to an activating group) is 1. The highest BCUT2D eigenvalue weighted by Gasteiger charge is 2.36. The molecule has 4 aromatic carbocycles. The van der Waals surface area contributed by atoms with Crippen LogP contribution in [-0.2, 0) is 36.8 Å². The van der Waals surface area contributed by atoms with Gasteiger partial charge in [0.1, 0.15) is 41.7 Å². The fourth-order valence-electron chi connectivity index (χ4n) is 7.36. The summed E-state index contributed by atoms with van der Waals surface area (Å²) >= 11 is 0. The first kappa shape index (κ1) is 47.3. The Morgan fingerprint density at radius 3 is 2.11 bits per heavy atom. The summed E-state index contributed by atoms with van der Waals surface area (Å²) in [5, 5.41) is 42.1. The van der Waals surface area contributed by atoms with E-state index in [4.69, 9.17) is 11.5 Å². The number of nitrogens with zero attached hydrogens (tertiary/aromatic N) is 1. The van der Waals surface area contributed by atoms with Crippen molar-refractivity contribution in [2.45, 2.75) is 89.0 Å². The molecule has 1 aliphatic heterocycles. The number of carbonyl (C=O) groups excluding carboxylic acids is 5. The molecule has 0 spiro atoms. The molecule has 0 aliphatic carbocycles. The number of fused-ring (bicyclic) bond motifs is 5. The minimum atomic E-state index is -1.48. The molecule has 5 atom stereocenters. The lowest BCUT2D eigenvalue weighted by Crippen LogP contribution is -2.56. The third-order valence-corrected chi connectivity index (χ3v) is 11.1. The number of nitrogens with one attached hydrogen (secondary N) is 4. The Kier molecular flexibility index (Phi) is 16.4. The van der Waals surface area contributed by atoms with Gasteiger partial charge in [-0.3, -0.25) is 24.0 Å². The monoisotopic (exact) mass is 863 g/mol. The molecule has 4 bridgehead atoms. The summed E-state index contributed by atoms with van der Waals surface area (Å²) in [7, 11) is 1.33. The molecule has 0 saturated carbocycles. The van der Waals surface area contributed by atoms with Gasteiger partial charge in [0.05, 0.1) is 0 Å². The standard InChI is InChI=1S/C47H57N7O9/c1-4-5-8-28-10-13-30(14-11-28)31-15-17-32(18-16-31)43(58)50-26-36(49)44(59)52-37(9-6-7-22-48)46(61)54(3)41-33-19-21-40(56)35(25-33)34-23-29(12-20-39(34)55)24-38(47(62)63)53-42(57)27(2)51-45(41)60/h10-21,23,25,27,36-38,41,55-56H,4-9,22,24,26,48-49H2,1-3H3,(H,50,58)(H,51,60)(H,52,59)(H,53,57)(H,62,63)/t27-,36+,37-,38-,41-/m0/s1. The zero-order valence-corrected chi connectivity index (χ0v) is 35.7. The van der Waals surface area contributed by atoms with Crippen LogP contribution in [-0.4, -0.2) is 100 Å². The Morgan fingerprint density at radius 1 is 0.841 bits per heavy atom. The Labute approximate surface area is 366 Å². The van der Waals surface area contributed by atoms with E-state index in [9.17, 15) is 44.1 Å². The second-order valence-corrected chi connectivity index (χ2v) is 15.9. The number of phenols is 2. The number of nitrogens with two attached hydrogens (primary N) is 2. The second-order valence-electron chi connectivity index (χ2n) is 15.9. The molecule has 63 heavy (non-hydrogen) atoms. The Bertz CT molecular complexity index is 2280. The predicted octanol–water partition coefficient (Wildman–Crippen LogP) is 3.28. The zero-order chi connectivity index (χ0) is 45.8. The molecule has 0 radical (unpaired) electrons. The first-order valence-electron chi connectivity index (χ1n) is 21.1. The predicted molar refractivity (Wildman–Crippen MR) is 237 cm³/mol. The number of carboxylic acid groups (broad SMARTS) is 1. The van der Waals surface area contributed by atoms with Crippen molar-refractivity contribution in [2.24, 2.45) is 11.5 Å². The van der Waals surface area contributed by atoms with Gasteiger partial charge in [0, 0.05) is 36.7 Å². The van der Waals surface area contributed by atoms with Gasteiger partial charge < -0.3 is 53.0 Å². The minimum Gasteiger partial charge on any atom is -0.507 e. The second kappa shape index (κ2) is 21.8. The highest BCUT2D eigenvalue weighted by Crippen LogP contribution is 2.39. The average molecular weight is 864 g/mol. The van der Waals surface area contributed by atoms with E-state index < -0.39 is 65.7 Å². The molecule has 5 rings (SSSR count). The molecule has 0 unspecified atom stereocenters. The van der Waals surface area contributed by atoms with Crippen molar-refractivity contribution >= 4 is 35.5 Å². The van der Waals surface area contributed by atoms with Crippen molar-refractivity contribution in [3.8, 4) is 33.8 Å². The number of amides is 5. The third kappa shape index (κ3) is 12.2. The number of benzene rings is 4. The average Bonchev–Trinajstić information content (AvgIpc) is 3.27. The molecular weight excluding hydrogens is 807 g/mol. The molecule has 334 valence electrons. The van der Waals surface area contributed by atoms with Gasteiger partial charge in [0.15, 0.2) is 0 Å². The first-order chi connectivity index (χ1) is 30.1. The summed E-state index contributed by atoms with van der Waals surface area (Å²) in [6.45, 7) is 3.56. The van der Waals surface area contributed by atoms with Gasteiger partial charge in [-0.2, -0.15) is 0 Å². The minimum absolute atomic E-state index is 0.0794. The molecule has 0 saturated heterocycles. The maximum atomic E-state index is 14.4. The van der Waals surface area contributed by atoms with Crippen molar-refractivity contribution in [1.29, 1.82) is 0 Å². The van der Waals surface area contributed by atoms with Gasteiger partial charge in [0.25, 0.3) is 5.91 Å². The first-order valence-corrected chi connectivity index (χ1v) is 21.1. The van der Waals surface area contributed by atoms with Crippen molar-refractivity contribution in [1.82, 2.24) is 26.2 Å². The maximum absolute atomic E-state index is 14.4. The molecule has 5 amide bonds. The van der Waals surface area contributed by atoms with Crippen LogP contribution in [0.3, 0.4) is 0 Å². The molecule has 0 fully saturated rings. The van der Waals surface area contributed by atoms with Crippen LogP contribution in [0.4, 0.5) is 0 Å². The van der Waals surface area contributed by atoms with Crippen molar-refractivity contribution in [2.75, 3.05) is 20.1 Å². The molecule has 16 nitrogen and oxygen atoms in total. The Balaban J connectivity index is 1.34. The SMILES string of the molecule is CCCCc1ccc(-c2ccc(C(=O)NC[C@@H](N)C(=O)N[C@@H](CCCCN)C(=O)N(C)[C@@H]3C(=O)N[C@@H](C)C(=O)N[C@H](C(=O)O)Cc4ccc(O)c(c4)-c4cc3ccc4O)cc2)cc1. The van der Waals surface area contributed by atoms with E-state index in [0.29, 0.717) is 30.5 Å². The number of aliphatic carboxylic acids is 1. The van der Waals surface area contributed by atoms with Crippen LogP contribution >= 0.6 is 0 Å². The molecule has 1 heterocycles. The van der Waals surface area contributed by atoms with Crippen LogP contribution in [0.1, 0.15) is 79.0 Å². The summed E-state index contributed by atoms with van der Waals surface area (Å²) < 4.78 is 0. The van der Waals surface area contributed by atoms with Gasteiger partial charge in [-0.25, -0.2) is 4.79 Å². The van der Waals surface area contributed by atoms with Crippen molar-refractivity contribution in [3.05, 3.63) is 107 Å². The van der Waals surface area contributed by atoms with Crippen LogP contribution in [0.2, 0.25) is 0 Å². The normalized spacial score (nSPS) is 17.3. The van der Waals surface area contributed by atoms with Crippen LogP contribution in [0, 0.1) is 0 Å². The van der Waals surface area contributed by atoms with Gasteiger partial charge in [-0.1, -0.05) is 61.9 Å². The van der Waals surface area contributed by atoms with E-state index in [2.05, 4.69) is 52.5 Å². The maximum Gasteiger partial charge on any atom is 0.326 e. The fraction of sp³-hybridized carbons (Fsp3) is 0.362. The van der Waals surface area contributed by atoms with E-state index in [1.54, 1.807) is 12.1 Å². The van der Waals surface area contributed by atoms with E-state index >= 15 is 0 Å². The topological polar surface area (TPSA) is 267 Å². The quantitative estimate of drug-likeness (QED) is 0.0738.